The van der Waals surface area contributed by atoms with Gasteiger partial charge in [-0.15, -0.1) is 23.4 Å². The molecule has 2 heteroatoms. The molecule has 0 unspecified atom stereocenters. The van der Waals surface area contributed by atoms with E-state index in [1.807, 2.05) is 0 Å². The zero-order valence-electron chi connectivity index (χ0n) is 6.15. The fourth-order valence-electron chi connectivity index (χ4n) is 0.604. The van der Waals surface area contributed by atoms with Gasteiger partial charge in [-0.25, -0.2) is 0 Å². The second kappa shape index (κ2) is 5.19. The molecule has 0 aromatic carbocycles. The van der Waals surface area contributed by atoms with Gasteiger partial charge in [0.1, 0.15) is 0 Å². The van der Waals surface area contributed by atoms with Crippen molar-refractivity contribution >= 4 is 23.4 Å². The van der Waals surface area contributed by atoms with Crippen molar-refractivity contribution in [3.05, 3.63) is 11.0 Å². The maximum atomic E-state index is 5.50. The van der Waals surface area contributed by atoms with Crippen LogP contribution in [-0.4, -0.2) is 5.21 Å². The second-order valence-corrected chi connectivity index (χ2v) is 4.08. The third-order valence-electron chi connectivity index (χ3n) is 0.850. The molecule has 0 rings (SSSR count). The van der Waals surface area contributed by atoms with E-state index in [0.717, 1.165) is 0 Å². The highest BCUT2D eigenvalue weighted by atomic mass is 35.5. The second-order valence-electron chi connectivity index (χ2n) is 2.27. The Labute approximate surface area is 66.7 Å². The van der Waals surface area contributed by atoms with Crippen molar-refractivity contribution in [2.45, 2.75) is 20.8 Å². The molecule has 0 radical (unpaired) electrons. The predicted molar refractivity (Wildman–Crippen MR) is 46.9 cm³/mol. The molecule has 0 bridgehead atoms. The Kier molecular flexibility index (Phi) is 5.41. The fraction of sp³-hybridized carbons (Fsp3) is 0.714. The van der Waals surface area contributed by atoms with Crippen molar-refractivity contribution in [3.63, 3.8) is 0 Å². The van der Waals surface area contributed by atoms with Crippen molar-refractivity contribution < 1.29 is 0 Å². The summed E-state index contributed by atoms with van der Waals surface area (Å²) in [7, 11) is 0. The summed E-state index contributed by atoms with van der Waals surface area (Å²) in [5.41, 5.74) is 0. The minimum absolute atomic E-state index is 0.640. The smallest absolute Gasteiger partial charge is 0.0724 e. The molecule has 0 spiro atoms. The maximum Gasteiger partial charge on any atom is 0.0724 e. The van der Waals surface area contributed by atoms with Crippen LogP contribution < -0.4 is 0 Å². The van der Waals surface area contributed by atoms with Crippen LogP contribution in [0.5, 0.6) is 0 Å². The molecule has 0 saturated heterocycles. The number of thioether (sulfide) groups is 1. The lowest BCUT2D eigenvalue weighted by molar-refractivity contribution is 0.828. The van der Waals surface area contributed by atoms with Gasteiger partial charge in [0, 0.05) is 0 Å². The van der Waals surface area contributed by atoms with Crippen LogP contribution >= 0.6 is 23.4 Å². The minimum atomic E-state index is 0.640. The molecular weight excluding hydrogens is 152 g/mol. The van der Waals surface area contributed by atoms with E-state index in [2.05, 4.69) is 26.8 Å². The van der Waals surface area contributed by atoms with Crippen molar-refractivity contribution in [2.75, 3.05) is 5.21 Å². The van der Waals surface area contributed by atoms with Gasteiger partial charge >= 0.3 is 0 Å². The Morgan fingerprint density at radius 3 is 2.56 bits per heavy atom. The molecule has 0 heterocycles. The number of allylic oxidation sites excluding steroid dienone is 2. The summed E-state index contributed by atoms with van der Waals surface area (Å²) >= 11 is 7.19. The van der Waals surface area contributed by atoms with Gasteiger partial charge in [-0.05, 0) is 17.7 Å². The highest BCUT2D eigenvalue weighted by molar-refractivity contribution is 8.04. The van der Waals surface area contributed by atoms with Crippen LogP contribution in [0.3, 0.4) is 0 Å². The molecular formula is C7H13ClS. The van der Waals surface area contributed by atoms with Crippen LogP contribution in [0.1, 0.15) is 20.8 Å². The molecule has 0 N–H and O–H groups in total. The maximum absolute atomic E-state index is 5.50. The molecule has 0 aliphatic rings. The number of alkyl halides is 1. The van der Waals surface area contributed by atoms with E-state index in [-0.39, 0.29) is 0 Å². The van der Waals surface area contributed by atoms with Crippen LogP contribution in [0.25, 0.3) is 0 Å². The summed E-state index contributed by atoms with van der Waals surface area (Å²) < 4.78 is 0. The Hall–Kier alpha value is 0.380. The number of halogens is 1. The van der Waals surface area contributed by atoms with Gasteiger partial charge in [0.2, 0.25) is 0 Å². The number of hydrogen-bond acceptors (Lipinski definition) is 1. The zero-order chi connectivity index (χ0) is 7.28. The first-order chi connectivity index (χ1) is 4.16. The highest BCUT2D eigenvalue weighted by Gasteiger charge is 1.90. The molecule has 0 aliphatic carbocycles. The lowest BCUT2D eigenvalue weighted by Gasteiger charge is -1.98. The average molecular weight is 165 g/mol. The summed E-state index contributed by atoms with van der Waals surface area (Å²) in [5, 5.41) is 0.662. The van der Waals surface area contributed by atoms with Gasteiger partial charge < -0.3 is 0 Å². The molecule has 0 aromatic heterocycles. The van der Waals surface area contributed by atoms with Crippen LogP contribution in [0, 0.1) is 5.92 Å². The molecule has 0 aliphatic heterocycles. The van der Waals surface area contributed by atoms with E-state index in [4.69, 9.17) is 11.6 Å². The molecule has 0 amide bonds. The van der Waals surface area contributed by atoms with Crippen molar-refractivity contribution in [3.8, 4) is 0 Å². The van der Waals surface area contributed by atoms with Crippen molar-refractivity contribution in [1.29, 1.82) is 0 Å². The normalized spacial score (nSPS) is 12.8. The van der Waals surface area contributed by atoms with Crippen LogP contribution in [-0.2, 0) is 0 Å². The summed E-state index contributed by atoms with van der Waals surface area (Å²) in [5.74, 6) is 0.640. The first kappa shape index (κ1) is 9.38. The lowest BCUT2D eigenvalue weighted by Crippen LogP contribution is -1.79. The van der Waals surface area contributed by atoms with E-state index in [0.29, 0.717) is 11.1 Å². The average Bonchev–Trinajstić information content (AvgIpc) is 1.63. The van der Waals surface area contributed by atoms with Gasteiger partial charge in [0.25, 0.3) is 0 Å². The monoisotopic (exact) mass is 164 g/mol. The minimum Gasteiger partial charge on any atom is -0.115 e. The van der Waals surface area contributed by atoms with Crippen molar-refractivity contribution in [1.82, 2.24) is 0 Å². The van der Waals surface area contributed by atoms with Crippen LogP contribution in [0.2, 0.25) is 0 Å². The van der Waals surface area contributed by atoms with E-state index in [1.165, 1.54) is 4.91 Å². The Balaban J connectivity index is 3.55. The summed E-state index contributed by atoms with van der Waals surface area (Å²) in [6.45, 7) is 6.42. The molecule has 0 atom stereocenters. The van der Waals surface area contributed by atoms with Crippen molar-refractivity contribution in [2.24, 2.45) is 5.92 Å². The third kappa shape index (κ3) is 6.26. The predicted octanol–water partition coefficient (Wildman–Crippen LogP) is 3.48. The molecule has 0 saturated carbocycles. The lowest BCUT2D eigenvalue weighted by atomic mass is 10.2. The van der Waals surface area contributed by atoms with Gasteiger partial charge in [-0.2, -0.15) is 0 Å². The van der Waals surface area contributed by atoms with Gasteiger partial charge in [-0.3, -0.25) is 0 Å². The third-order valence-corrected chi connectivity index (χ3v) is 1.88. The van der Waals surface area contributed by atoms with E-state index in [1.54, 1.807) is 11.8 Å². The van der Waals surface area contributed by atoms with Crippen LogP contribution in [0.15, 0.2) is 11.0 Å². The SMILES string of the molecule is C/C(=C/C(C)C)SCCl. The largest absolute Gasteiger partial charge is 0.115 e. The molecule has 0 fully saturated rings. The first-order valence-corrected chi connectivity index (χ1v) is 4.56. The van der Waals surface area contributed by atoms with Crippen LogP contribution in [0.4, 0.5) is 0 Å². The molecule has 0 aromatic rings. The zero-order valence-corrected chi connectivity index (χ0v) is 7.72. The number of rotatable bonds is 3. The Morgan fingerprint density at radius 1 is 1.67 bits per heavy atom. The Bertz CT molecular complexity index is 97.1. The summed E-state index contributed by atoms with van der Waals surface area (Å²) in [6, 6.07) is 0. The number of hydrogen-bond donors (Lipinski definition) is 0. The standard InChI is InChI=1S/C7H13ClS/c1-6(2)4-7(3)9-5-8/h4,6H,5H2,1-3H3/b7-4-. The molecule has 9 heavy (non-hydrogen) atoms. The van der Waals surface area contributed by atoms with E-state index in [9.17, 15) is 0 Å². The summed E-state index contributed by atoms with van der Waals surface area (Å²) in [6.07, 6.45) is 2.22. The topological polar surface area (TPSA) is 0 Å². The molecule has 0 nitrogen and oxygen atoms in total. The Morgan fingerprint density at radius 2 is 2.22 bits per heavy atom. The van der Waals surface area contributed by atoms with E-state index >= 15 is 0 Å². The van der Waals surface area contributed by atoms with E-state index < -0.39 is 0 Å². The highest BCUT2D eigenvalue weighted by Crippen LogP contribution is 2.17. The van der Waals surface area contributed by atoms with Gasteiger partial charge in [0.05, 0.1) is 5.21 Å². The fourth-order valence-corrected chi connectivity index (χ4v) is 1.66. The summed E-state index contributed by atoms with van der Waals surface area (Å²) in [4.78, 5) is 1.32. The molecule has 54 valence electrons. The van der Waals surface area contributed by atoms with Gasteiger partial charge in [0.15, 0.2) is 0 Å². The quantitative estimate of drug-likeness (QED) is 0.576. The van der Waals surface area contributed by atoms with Gasteiger partial charge in [-0.1, -0.05) is 19.9 Å². The first-order valence-electron chi connectivity index (χ1n) is 3.04.